The van der Waals surface area contributed by atoms with Crippen molar-refractivity contribution in [3.63, 3.8) is 0 Å². The smallest absolute Gasteiger partial charge is 0.342 e. The standard InChI is InChI=1S/C20H23ClF3NO6/c1-18(2)28-13-12(27-16-15(14(13)29-18)30-19(3,4)31-16)11(25-17(26)20(22,23)24)9-5-7-10(21)8-6-9/h5-8,11-16H,1-4H3,(H,25,26)/t11-,12-,13+,14+,15-,16-/m1/s1. The lowest BCUT2D eigenvalue weighted by Gasteiger charge is -2.41. The number of rotatable bonds is 3. The van der Waals surface area contributed by atoms with Crippen molar-refractivity contribution in [2.75, 3.05) is 0 Å². The second kappa shape index (κ2) is 7.57. The van der Waals surface area contributed by atoms with Crippen LogP contribution in [0.3, 0.4) is 0 Å². The van der Waals surface area contributed by atoms with Crippen molar-refractivity contribution in [1.29, 1.82) is 0 Å². The molecule has 0 saturated carbocycles. The molecule has 0 spiro atoms. The van der Waals surface area contributed by atoms with Crippen molar-refractivity contribution >= 4 is 17.5 Å². The Bertz CT molecular complexity index is 846. The second-order valence-electron chi connectivity index (χ2n) is 8.63. The summed E-state index contributed by atoms with van der Waals surface area (Å²) < 4.78 is 69.0. The summed E-state index contributed by atoms with van der Waals surface area (Å²) in [4.78, 5) is 11.9. The SMILES string of the molecule is CC1(C)O[C@@H]2[C@H](O1)[C@H]1OC(C)(C)O[C@H]1O[C@@H]2[C@H](NC(=O)C(F)(F)F)c1ccc(Cl)cc1. The average molecular weight is 466 g/mol. The van der Waals surface area contributed by atoms with E-state index < -0.39 is 60.4 Å². The quantitative estimate of drug-likeness (QED) is 0.737. The molecule has 3 saturated heterocycles. The molecule has 172 valence electrons. The first-order valence-corrected chi connectivity index (χ1v) is 10.1. The highest BCUT2D eigenvalue weighted by atomic mass is 35.5. The van der Waals surface area contributed by atoms with Gasteiger partial charge in [-0.15, -0.1) is 0 Å². The molecule has 1 N–H and O–H groups in total. The molecule has 0 aliphatic carbocycles. The predicted octanol–water partition coefficient (Wildman–Crippen LogP) is 3.46. The van der Waals surface area contributed by atoms with E-state index in [0.717, 1.165) is 0 Å². The summed E-state index contributed by atoms with van der Waals surface area (Å²) in [5, 5.41) is 2.43. The molecule has 1 amide bonds. The summed E-state index contributed by atoms with van der Waals surface area (Å²) >= 11 is 5.93. The van der Waals surface area contributed by atoms with Crippen LogP contribution in [0.5, 0.6) is 0 Å². The average Bonchev–Trinajstić information content (AvgIpc) is 3.13. The van der Waals surface area contributed by atoms with Crippen molar-refractivity contribution in [3.8, 4) is 0 Å². The minimum Gasteiger partial charge on any atom is -0.342 e. The Balaban J connectivity index is 1.72. The van der Waals surface area contributed by atoms with Gasteiger partial charge in [0.15, 0.2) is 17.9 Å². The van der Waals surface area contributed by atoms with E-state index in [9.17, 15) is 18.0 Å². The fraction of sp³-hybridized carbons (Fsp3) is 0.650. The molecular weight excluding hydrogens is 443 g/mol. The molecule has 3 heterocycles. The summed E-state index contributed by atoms with van der Waals surface area (Å²) in [7, 11) is 0. The van der Waals surface area contributed by atoms with Crippen LogP contribution in [0.2, 0.25) is 5.02 Å². The summed E-state index contributed by atoms with van der Waals surface area (Å²) in [6.07, 6.45) is -9.22. The van der Waals surface area contributed by atoms with Crippen molar-refractivity contribution in [3.05, 3.63) is 34.9 Å². The molecular formula is C20H23ClF3NO6. The van der Waals surface area contributed by atoms with Gasteiger partial charge in [-0.2, -0.15) is 13.2 Å². The molecule has 1 aromatic carbocycles. The number of hydrogen-bond acceptors (Lipinski definition) is 6. The molecule has 3 aliphatic rings. The Labute approximate surface area is 182 Å². The summed E-state index contributed by atoms with van der Waals surface area (Å²) in [5.74, 6) is -4.13. The number of nitrogens with one attached hydrogen (secondary N) is 1. The van der Waals surface area contributed by atoms with Gasteiger partial charge in [-0.1, -0.05) is 23.7 Å². The number of hydrogen-bond donors (Lipinski definition) is 1. The van der Waals surface area contributed by atoms with Crippen molar-refractivity contribution in [1.82, 2.24) is 5.32 Å². The van der Waals surface area contributed by atoms with Gasteiger partial charge in [0.25, 0.3) is 0 Å². The van der Waals surface area contributed by atoms with Crippen molar-refractivity contribution in [2.24, 2.45) is 0 Å². The van der Waals surface area contributed by atoms with E-state index in [1.807, 2.05) is 5.32 Å². The summed E-state index contributed by atoms with van der Waals surface area (Å²) in [5.41, 5.74) is 0.357. The van der Waals surface area contributed by atoms with Crippen LogP contribution in [0.1, 0.15) is 39.3 Å². The number of halogens is 4. The van der Waals surface area contributed by atoms with Gasteiger partial charge in [-0.25, -0.2) is 0 Å². The van der Waals surface area contributed by atoms with E-state index in [1.165, 1.54) is 24.3 Å². The summed E-state index contributed by atoms with van der Waals surface area (Å²) in [6.45, 7) is 6.76. The van der Waals surface area contributed by atoms with Gasteiger partial charge in [0.2, 0.25) is 0 Å². The molecule has 4 rings (SSSR count). The van der Waals surface area contributed by atoms with Crippen LogP contribution in [-0.2, 0) is 28.5 Å². The Hall–Kier alpha value is -1.43. The Kier molecular flexibility index (Phi) is 5.55. The van der Waals surface area contributed by atoms with Gasteiger partial charge < -0.3 is 29.0 Å². The van der Waals surface area contributed by atoms with Crippen LogP contribution >= 0.6 is 11.6 Å². The number of carbonyl (C=O) groups excluding carboxylic acids is 1. The summed E-state index contributed by atoms with van der Waals surface area (Å²) in [6, 6.07) is 4.85. The Morgan fingerprint density at radius 1 is 0.968 bits per heavy atom. The normalized spacial score (nSPS) is 34.6. The minimum absolute atomic E-state index is 0.357. The highest BCUT2D eigenvalue weighted by molar-refractivity contribution is 6.30. The molecule has 0 bridgehead atoms. The number of ether oxygens (including phenoxy) is 5. The Morgan fingerprint density at radius 2 is 1.52 bits per heavy atom. The van der Waals surface area contributed by atoms with E-state index in [4.69, 9.17) is 35.3 Å². The Morgan fingerprint density at radius 3 is 2.13 bits per heavy atom. The third-order valence-electron chi connectivity index (χ3n) is 5.29. The highest BCUT2D eigenvalue weighted by Crippen LogP contribution is 2.46. The predicted molar refractivity (Wildman–Crippen MR) is 101 cm³/mol. The zero-order valence-corrected chi connectivity index (χ0v) is 18.0. The van der Waals surface area contributed by atoms with E-state index >= 15 is 0 Å². The van der Waals surface area contributed by atoms with E-state index in [0.29, 0.717) is 10.6 Å². The highest BCUT2D eigenvalue weighted by Gasteiger charge is 2.62. The second-order valence-corrected chi connectivity index (χ2v) is 9.07. The van der Waals surface area contributed by atoms with Gasteiger partial charge in [0.1, 0.15) is 24.4 Å². The van der Waals surface area contributed by atoms with Crippen LogP contribution in [0.15, 0.2) is 24.3 Å². The molecule has 0 radical (unpaired) electrons. The lowest BCUT2D eigenvalue weighted by atomic mass is 9.90. The van der Waals surface area contributed by atoms with Crippen molar-refractivity contribution < 1.29 is 41.7 Å². The number of fused-ring (bicyclic) bond motifs is 3. The minimum atomic E-state index is -5.08. The zero-order chi connectivity index (χ0) is 22.8. The number of alkyl halides is 3. The van der Waals surface area contributed by atoms with Crippen LogP contribution < -0.4 is 5.32 Å². The fourth-order valence-electron chi connectivity index (χ4n) is 4.16. The van der Waals surface area contributed by atoms with Gasteiger partial charge in [-0.05, 0) is 45.4 Å². The monoisotopic (exact) mass is 465 g/mol. The topological polar surface area (TPSA) is 75.2 Å². The fourth-order valence-corrected chi connectivity index (χ4v) is 4.29. The lowest BCUT2D eigenvalue weighted by molar-refractivity contribution is -0.241. The first-order valence-electron chi connectivity index (χ1n) is 9.76. The van der Waals surface area contributed by atoms with Crippen LogP contribution in [0.4, 0.5) is 13.2 Å². The molecule has 1 aromatic rings. The molecule has 3 fully saturated rings. The van der Waals surface area contributed by atoms with Crippen LogP contribution in [0, 0.1) is 0 Å². The van der Waals surface area contributed by atoms with Gasteiger partial charge in [0.05, 0.1) is 6.04 Å². The van der Waals surface area contributed by atoms with Gasteiger partial charge in [0, 0.05) is 5.02 Å². The maximum absolute atomic E-state index is 13.1. The molecule has 0 aromatic heterocycles. The zero-order valence-electron chi connectivity index (χ0n) is 17.2. The molecule has 11 heteroatoms. The van der Waals surface area contributed by atoms with Crippen LogP contribution in [0.25, 0.3) is 0 Å². The van der Waals surface area contributed by atoms with E-state index in [1.54, 1.807) is 27.7 Å². The number of carbonyl (C=O) groups is 1. The lowest BCUT2D eigenvalue weighted by Crippen LogP contribution is -2.59. The molecule has 3 aliphatic heterocycles. The molecule has 6 atom stereocenters. The molecule has 31 heavy (non-hydrogen) atoms. The van der Waals surface area contributed by atoms with Gasteiger partial charge >= 0.3 is 12.1 Å². The maximum Gasteiger partial charge on any atom is 0.471 e. The largest absolute Gasteiger partial charge is 0.471 e. The van der Waals surface area contributed by atoms with Gasteiger partial charge in [-0.3, -0.25) is 4.79 Å². The van der Waals surface area contributed by atoms with Crippen LogP contribution in [-0.4, -0.2) is 54.4 Å². The first kappa shape index (κ1) is 22.8. The number of benzene rings is 1. The third kappa shape index (κ3) is 4.55. The third-order valence-corrected chi connectivity index (χ3v) is 5.54. The van der Waals surface area contributed by atoms with E-state index in [-0.39, 0.29) is 0 Å². The van der Waals surface area contributed by atoms with Crippen molar-refractivity contribution in [2.45, 2.75) is 82.2 Å². The molecule has 7 nitrogen and oxygen atoms in total. The van der Waals surface area contributed by atoms with E-state index in [2.05, 4.69) is 0 Å². The molecule has 0 unspecified atom stereocenters. The maximum atomic E-state index is 13.1. The number of amides is 1. The first-order chi connectivity index (χ1) is 14.3.